The molecule has 3 rings (SSSR count). The number of rotatable bonds is 2. The van der Waals surface area contributed by atoms with Crippen molar-refractivity contribution in [2.24, 2.45) is 0 Å². The summed E-state index contributed by atoms with van der Waals surface area (Å²) in [5, 5.41) is 0. The zero-order valence-corrected chi connectivity index (χ0v) is 12.4. The van der Waals surface area contributed by atoms with Gasteiger partial charge in [-0.2, -0.15) is 0 Å². The second-order valence-corrected chi connectivity index (χ2v) is 5.39. The first-order chi connectivity index (χ1) is 10.2. The zero-order valence-electron chi connectivity index (χ0n) is 11.5. The van der Waals surface area contributed by atoms with E-state index in [9.17, 15) is 4.79 Å². The van der Waals surface area contributed by atoms with Gasteiger partial charge < -0.3 is 9.80 Å². The number of thiol groups is 1. The highest BCUT2D eigenvalue weighted by atomic mass is 32.1. The Balaban J connectivity index is 1.64. The van der Waals surface area contributed by atoms with Crippen LogP contribution in [0.15, 0.2) is 47.6 Å². The van der Waals surface area contributed by atoms with Crippen molar-refractivity contribution in [3.05, 3.63) is 48.3 Å². The molecule has 1 aliphatic heterocycles. The fraction of sp³-hybridized carbons (Fsp3) is 0.267. The van der Waals surface area contributed by atoms with E-state index >= 15 is 0 Å². The first kappa shape index (κ1) is 13.9. The van der Waals surface area contributed by atoms with Gasteiger partial charge in [-0.3, -0.25) is 4.79 Å². The third-order valence-electron chi connectivity index (χ3n) is 3.49. The maximum atomic E-state index is 12.4. The summed E-state index contributed by atoms with van der Waals surface area (Å²) in [6, 6.07) is 9.15. The van der Waals surface area contributed by atoms with Gasteiger partial charge in [-0.15, -0.1) is 12.6 Å². The van der Waals surface area contributed by atoms with Crippen molar-refractivity contribution in [2.45, 2.75) is 4.90 Å². The minimum absolute atomic E-state index is 0.0551. The van der Waals surface area contributed by atoms with Crippen LogP contribution in [0, 0.1) is 0 Å². The number of aromatic nitrogens is 2. The van der Waals surface area contributed by atoms with E-state index in [0.717, 1.165) is 23.9 Å². The summed E-state index contributed by atoms with van der Waals surface area (Å²) in [4.78, 5) is 25.7. The number of carbonyl (C=O) groups is 1. The average molecular weight is 300 g/mol. The lowest BCUT2D eigenvalue weighted by Crippen LogP contribution is -2.49. The first-order valence-electron chi connectivity index (χ1n) is 6.84. The van der Waals surface area contributed by atoms with E-state index in [1.165, 1.54) is 0 Å². The van der Waals surface area contributed by atoms with Crippen molar-refractivity contribution in [1.29, 1.82) is 0 Å². The van der Waals surface area contributed by atoms with E-state index in [1.54, 1.807) is 24.5 Å². The van der Waals surface area contributed by atoms with E-state index in [-0.39, 0.29) is 5.91 Å². The molecule has 0 saturated carbocycles. The lowest BCUT2D eigenvalue weighted by Gasteiger charge is -2.34. The minimum atomic E-state index is 0.0551. The molecule has 0 bridgehead atoms. The van der Waals surface area contributed by atoms with Crippen molar-refractivity contribution in [3.63, 3.8) is 0 Å². The number of benzene rings is 1. The molecule has 5 nitrogen and oxygen atoms in total. The molecule has 6 heteroatoms. The molecule has 1 aromatic carbocycles. The zero-order chi connectivity index (χ0) is 14.7. The number of hydrogen-bond acceptors (Lipinski definition) is 5. The Bertz CT molecular complexity index is 627. The molecule has 0 radical (unpaired) electrons. The van der Waals surface area contributed by atoms with Crippen LogP contribution in [0.4, 0.5) is 5.95 Å². The van der Waals surface area contributed by atoms with Gasteiger partial charge >= 0.3 is 0 Å². The quantitative estimate of drug-likeness (QED) is 0.858. The molecule has 0 unspecified atom stereocenters. The van der Waals surface area contributed by atoms with Gasteiger partial charge in [0.05, 0.1) is 0 Å². The number of amides is 1. The molecule has 21 heavy (non-hydrogen) atoms. The van der Waals surface area contributed by atoms with Crippen LogP contribution >= 0.6 is 12.6 Å². The largest absolute Gasteiger partial charge is 0.337 e. The molecule has 1 amide bonds. The van der Waals surface area contributed by atoms with E-state index in [4.69, 9.17) is 0 Å². The highest BCUT2D eigenvalue weighted by Crippen LogP contribution is 2.14. The summed E-state index contributed by atoms with van der Waals surface area (Å²) in [6.07, 6.45) is 3.47. The predicted molar refractivity (Wildman–Crippen MR) is 83.8 cm³/mol. The SMILES string of the molecule is O=C(c1cccc(S)c1)N1CCN(c2ncccn2)CC1. The van der Waals surface area contributed by atoms with Gasteiger partial charge in [0.25, 0.3) is 5.91 Å². The summed E-state index contributed by atoms with van der Waals surface area (Å²) in [7, 11) is 0. The maximum Gasteiger partial charge on any atom is 0.254 e. The predicted octanol–water partition coefficient (Wildman–Crippen LogP) is 1.73. The minimum Gasteiger partial charge on any atom is -0.337 e. The molecule has 1 fully saturated rings. The Labute approximate surface area is 129 Å². The van der Waals surface area contributed by atoms with Crippen molar-refractivity contribution in [1.82, 2.24) is 14.9 Å². The lowest BCUT2D eigenvalue weighted by molar-refractivity contribution is 0.0746. The Morgan fingerprint density at radius 1 is 1.05 bits per heavy atom. The molecule has 0 atom stereocenters. The maximum absolute atomic E-state index is 12.4. The summed E-state index contributed by atoms with van der Waals surface area (Å²) >= 11 is 4.28. The number of piperazine rings is 1. The third-order valence-corrected chi connectivity index (χ3v) is 3.77. The van der Waals surface area contributed by atoms with E-state index < -0.39 is 0 Å². The van der Waals surface area contributed by atoms with Gasteiger partial charge in [-0.25, -0.2) is 9.97 Å². The van der Waals surface area contributed by atoms with Crippen LogP contribution < -0.4 is 4.90 Å². The van der Waals surface area contributed by atoms with Gasteiger partial charge in [-0.05, 0) is 24.3 Å². The topological polar surface area (TPSA) is 49.3 Å². The van der Waals surface area contributed by atoms with E-state index in [2.05, 4.69) is 27.5 Å². The van der Waals surface area contributed by atoms with Crippen LogP contribution in [0.25, 0.3) is 0 Å². The molecule has 2 heterocycles. The number of carbonyl (C=O) groups excluding carboxylic acids is 1. The first-order valence-corrected chi connectivity index (χ1v) is 7.29. The van der Waals surface area contributed by atoms with Gasteiger partial charge in [0.15, 0.2) is 0 Å². The molecule has 1 saturated heterocycles. The average Bonchev–Trinajstić information content (AvgIpc) is 2.55. The Hall–Kier alpha value is -2.08. The number of hydrogen-bond donors (Lipinski definition) is 1. The summed E-state index contributed by atoms with van der Waals surface area (Å²) < 4.78 is 0. The van der Waals surface area contributed by atoms with Crippen LogP contribution in [-0.4, -0.2) is 47.0 Å². The van der Waals surface area contributed by atoms with Crippen LogP contribution in [0.2, 0.25) is 0 Å². The standard InChI is InChI=1S/C15H16N4OS/c20-14(12-3-1-4-13(21)11-12)18-7-9-19(10-8-18)15-16-5-2-6-17-15/h1-6,11,21H,7-10H2. The van der Waals surface area contributed by atoms with Gasteiger partial charge in [0, 0.05) is 49.0 Å². The van der Waals surface area contributed by atoms with E-state index in [0.29, 0.717) is 18.7 Å². The highest BCUT2D eigenvalue weighted by molar-refractivity contribution is 7.80. The monoisotopic (exact) mass is 300 g/mol. The molecule has 0 aliphatic carbocycles. The van der Waals surface area contributed by atoms with Crippen molar-refractivity contribution in [3.8, 4) is 0 Å². The Kier molecular flexibility index (Phi) is 4.06. The third kappa shape index (κ3) is 3.16. The van der Waals surface area contributed by atoms with Crippen LogP contribution in [0.5, 0.6) is 0 Å². The number of nitrogens with zero attached hydrogens (tertiary/aromatic N) is 4. The van der Waals surface area contributed by atoms with E-state index in [1.807, 2.05) is 23.1 Å². The van der Waals surface area contributed by atoms with Crippen LogP contribution in [0.3, 0.4) is 0 Å². The Morgan fingerprint density at radius 2 is 1.76 bits per heavy atom. The molecular formula is C15H16N4OS. The summed E-state index contributed by atoms with van der Waals surface area (Å²) in [5.74, 6) is 0.779. The second kappa shape index (κ2) is 6.13. The molecule has 1 aromatic heterocycles. The second-order valence-electron chi connectivity index (χ2n) is 4.88. The normalized spacial score (nSPS) is 15.1. The summed E-state index contributed by atoms with van der Waals surface area (Å²) in [5.41, 5.74) is 0.687. The Morgan fingerprint density at radius 3 is 2.43 bits per heavy atom. The highest BCUT2D eigenvalue weighted by Gasteiger charge is 2.23. The van der Waals surface area contributed by atoms with Crippen molar-refractivity contribution in [2.75, 3.05) is 31.1 Å². The van der Waals surface area contributed by atoms with Gasteiger partial charge in [0.2, 0.25) is 5.95 Å². The molecule has 1 aliphatic rings. The van der Waals surface area contributed by atoms with Crippen LogP contribution in [0.1, 0.15) is 10.4 Å². The molecule has 0 spiro atoms. The van der Waals surface area contributed by atoms with Crippen LogP contribution in [-0.2, 0) is 0 Å². The van der Waals surface area contributed by atoms with Crippen molar-refractivity contribution >= 4 is 24.5 Å². The fourth-order valence-electron chi connectivity index (χ4n) is 2.39. The van der Waals surface area contributed by atoms with Gasteiger partial charge in [-0.1, -0.05) is 6.07 Å². The summed E-state index contributed by atoms with van der Waals surface area (Å²) in [6.45, 7) is 2.84. The molecule has 2 aromatic rings. The fourth-order valence-corrected chi connectivity index (χ4v) is 2.61. The molecule has 0 N–H and O–H groups in total. The molecule has 108 valence electrons. The molecular weight excluding hydrogens is 284 g/mol. The smallest absolute Gasteiger partial charge is 0.254 e. The number of anilines is 1. The lowest BCUT2D eigenvalue weighted by atomic mass is 10.2. The van der Waals surface area contributed by atoms with Crippen molar-refractivity contribution < 1.29 is 4.79 Å². The van der Waals surface area contributed by atoms with Gasteiger partial charge in [0.1, 0.15) is 0 Å².